The highest BCUT2D eigenvalue weighted by Gasteiger charge is 2.36. The number of fused-ring (bicyclic) bond motifs is 2. The molecule has 2 aromatic carbocycles. The molecule has 2 aromatic heterocycles. The molecule has 1 atom stereocenters. The van der Waals surface area contributed by atoms with Gasteiger partial charge < -0.3 is 19.4 Å². The molecule has 192 valence electrons. The molecule has 2 aliphatic heterocycles. The normalized spacial score (nSPS) is 16.9. The van der Waals surface area contributed by atoms with Crippen LogP contribution in [0.25, 0.3) is 10.9 Å². The van der Waals surface area contributed by atoms with Crippen molar-refractivity contribution in [3.63, 3.8) is 0 Å². The molecule has 0 radical (unpaired) electrons. The number of pyridine rings is 1. The summed E-state index contributed by atoms with van der Waals surface area (Å²) in [4.78, 5) is 21.3. The van der Waals surface area contributed by atoms with Crippen LogP contribution in [0.2, 0.25) is 0 Å². The number of para-hydroxylation sites is 1. The van der Waals surface area contributed by atoms with Crippen molar-refractivity contribution < 1.29 is 9.47 Å². The Morgan fingerprint density at radius 1 is 1.03 bits per heavy atom. The number of rotatable bonds is 6. The molecule has 1 saturated heterocycles. The average Bonchev–Trinajstić information content (AvgIpc) is 3.59. The Labute approximate surface area is 214 Å². The van der Waals surface area contributed by atoms with Gasteiger partial charge in [0, 0.05) is 48.9 Å². The standard InChI is InChI=1S/C27H31N7O3/c1-4-27(2,3)34-25(29-30-31-34)24(33-12-10-32(11-13-33)19-8-6-5-7-9-19)20-14-18-15-22-23(37-17-36-22)16-21(18)28-26(20)35/h5-9,14-16,24H,4,10-13,17H2,1-3H3,(H,28,35)/t24-/m0/s1. The maximum absolute atomic E-state index is 13.6. The predicted molar refractivity (Wildman–Crippen MR) is 140 cm³/mol. The molecule has 0 bridgehead atoms. The fourth-order valence-electron chi connectivity index (χ4n) is 5.14. The van der Waals surface area contributed by atoms with E-state index in [0.29, 0.717) is 28.4 Å². The largest absolute Gasteiger partial charge is 0.454 e. The summed E-state index contributed by atoms with van der Waals surface area (Å²) in [6.45, 7) is 9.72. The average molecular weight is 502 g/mol. The predicted octanol–water partition coefficient (Wildman–Crippen LogP) is 3.30. The number of anilines is 1. The number of hydrogen-bond donors (Lipinski definition) is 1. The lowest BCUT2D eigenvalue weighted by Gasteiger charge is -2.40. The van der Waals surface area contributed by atoms with Crippen molar-refractivity contribution in [1.82, 2.24) is 30.1 Å². The summed E-state index contributed by atoms with van der Waals surface area (Å²) in [5.74, 6) is 1.99. The van der Waals surface area contributed by atoms with Crippen LogP contribution in [0.1, 0.15) is 44.6 Å². The second-order valence-corrected chi connectivity index (χ2v) is 10.2. The zero-order valence-electron chi connectivity index (χ0n) is 21.3. The molecule has 1 N–H and O–H groups in total. The highest BCUT2D eigenvalue weighted by molar-refractivity contribution is 5.83. The zero-order valence-corrected chi connectivity index (χ0v) is 21.3. The Morgan fingerprint density at radius 2 is 1.76 bits per heavy atom. The lowest BCUT2D eigenvalue weighted by molar-refractivity contribution is 0.174. The lowest BCUT2D eigenvalue weighted by atomic mass is 9.98. The van der Waals surface area contributed by atoms with Crippen LogP contribution in [0.3, 0.4) is 0 Å². The summed E-state index contributed by atoms with van der Waals surface area (Å²) < 4.78 is 13.0. The summed E-state index contributed by atoms with van der Waals surface area (Å²) in [6, 6.07) is 15.7. The molecule has 1 fully saturated rings. The quantitative estimate of drug-likeness (QED) is 0.430. The maximum atomic E-state index is 13.6. The molecule has 0 spiro atoms. The smallest absolute Gasteiger partial charge is 0.253 e. The van der Waals surface area contributed by atoms with Crippen LogP contribution in [-0.4, -0.2) is 63.1 Å². The van der Waals surface area contributed by atoms with E-state index in [2.05, 4.69) is 75.3 Å². The Bertz CT molecular complexity index is 1470. The summed E-state index contributed by atoms with van der Waals surface area (Å²) in [5, 5.41) is 13.8. The first-order valence-corrected chi connectivity index (χ1v) is 12.7. The number of nitrogens with zero attached hydrogens (tertiary/aromatic N) is 6. The van der Waals surface area contributed by atoms with E-state index in [4.69, 9.17) is 9.47 Å². The number of piperazine rings is 1. The van der Waals surface area contributed by atoms with Gasteiger partial charge in [-0.05, 0) is 55.0 Å². The third-order valence-electron chi connectivity index (χ3n) is 7.64. The Kier molecular flexibility index (Phi) is 5.83. The fourth-order valence-corrected chi connectivity index (χ4v) is 5.14. The van der Waals surface area contributed by atoms with E-state index in [9.17, 15) is 4.79 Å². The fraction of sp³-hybridized carbons (Fsp3) is 0.407. The molecule has 10 nitrogen and oxygen atoms in total. The second-order valence-electron chi connectivity index (χ2n) is 10.2. The lowest BCUT2D eigenvalue weighted by Crippen LogP contribution is -2.49. The number of tetrazole rings is 1. The zero-order chi connectivity index (χ0) is 25.6. The minimum atomic E-state index is -0.405. The van der Waals surface area contributed by atoms with Gasteiger partial charge in [-0.1, -0.05) is 25.1 Å². The highest BCUT2D eigenvalue weighted by atomic mass is 16.7. The van der Waals surface area contributed by atoms with Crippen molar-refractivity contribution in [2.75, 3.05) is 37.9 Å². The highest BCUT2D eigenvalue weighted by Crippen LogP contribution is 2.37. The molecule has 0 amide bonds. The number of aromatic amines is 1. The first-order chi connectivity index (χ1) is 17.9. The molecule has 4 aromatic rings. The van der Waals surface area contributed by atoms with Crippen molar-refractivity contribution in [3.8, 4) is 11.5 Å². The molecular formula is C27H31N7O3. The minimum Gasteiger partial charge on any atom is -0.454 e. The van der Waals surface area contributed by atoms with E-state index in [1.807, 2.05) is 28.9 Å². The number of aromatic nitrogens is 5. The van der Waals surface area contributed by atoms with Gasteiger partial charge in [0.1, 0.15) is 6.04 Å². The number of H-pyrrole nitrogens is 1. The van der Waals surface area contributed by atoms with Crippen LogP contribution in [0.4, 0.5) is 5.69 Å². The molecule has 37 heavy (non-hydrogen) atoms. The van der Waals surface area contributed by atoms with Crippen molar-refractivity contribution >= 4 is 16.6 Å². The number of nitrogens with one attached hydrogen (secondary N) is 1. The summed E-state index contributed by atoms with van der Waals surface area (Å²) in [7, 11) is 0. The van der Waals surface area contributed by atoms with Crippen molar-refractivity contribution in [2.45, 2.75) is 38.8 Å². The molecular weight excluding hydrogens is 470 g/mol. The van der Waals surface area contributed by atoms with Crippen LogP contribution in [0, 0.1) is 0 Å². The van der Waals surface area contributed by atoms with Crippen LogP contribution in [-0.2, 0) is 5.54 Å². The van der Waals surface area contributed by atoms with E-state index < -0.39 is 6.04 Å². The Balaban J connectivity index is 1.43. The summed E-state index contributed by atoms with van der Waals surface area (Å²) in [5.41, 5.74) is 2.06. The molecule has 4 heterocycles. The molecule has 0 saturated carbocycles. The first-order valence-electron chi connectivity index (χ1n) is 12.7. The maximum Gasteiger partial charge on any atom is 0.253 e. The summed E-state index contributed by atoms with van der Waals surface area (Å²) in [6.07, 6.45) is 0.844. The van der Waals surface area contributed by atoms with Gasteiger partial charge in [0.15, 0.2) is 17.3 Å². The second kappa shape index (κ2) is 9.19. The van der Waals surface area contributed by atoms with E-state index in [-0.39, 0.29) is 17.9 Å². The van der Waals surface area contributed by atoms with Gasteiger partial charge in [-0.15, -0.1) is 5.10 Å². The Hall–Kier alpha value is -3.92. The number of hydrogen-bond acceptors (Lipinski definition) is 8. The SMILES string of the molecule is CCC(C)(C)n1nnnc1[C@H](c1cc2cc3c(cc2[nH]c1=O)OCO3)N1CCN(c2ccccc2)CC1. The van der Waals surface area contributed by atoms with Crippen molar-refractivity contribution in [2.24, 2.45) is 0 Å². The van der Waals surface area contributed by atoms with Gasteiger partial charge in [-0.2, -0.15) is 0 Å². The molecule has 0 aliphatic carbocycles. The van der Waals surface area contributed by atoms with Gasteiger partial charge in [0.05, 0.1) is 11.1 Å². The topological polar surface area (TPSA) is 101 Å². The van der Waals surface area contributed by atoms with E-state index in [1.165, 1.54) is 5.69 Å². The summed E-state index contributed by atoms with van der Waals surface area (Å²) >= 11 is 0. The number of benzene rings is 2. The van der Waals surface area contributed by atoms with Crippen molar-refractivity contribution in [3.05, 3.63) is 70.3 Å². The van der Waals surface area contributed by atoms with Crippen LogP contribution >= 0.6 is 0 Å². The van der Waals surface area contributed by atoms with Gasteiger partial charge in [-0.25, -0.2) is 4.68 Å². The van der Waals surface area contributed by atoms with Gasteiger partial charge in [-0.3, -0.25) is 9.69 Å². The minimum absolute atomic E-state index is 0.161. The van der Waals surface area contributed by atoms with E-state index in [1.54, 1.807) is 0 Å². The van der Waals surface area contributed by atoms with Crippen LogP contribution < -0.4 is 19.9 Å². The van der Waals surface area contributed by atoms with Crippen LogP contribution in [0.5, 0.6) is 11.5 Å². The van der Waals surface area contributed by atoms with E-state index in [0.717, 1.165) is 38.0 Å². The van der Waals surface area contributed by atoms with Crippen LogP contribution in [0.15, 0.2) is 53.3 Å². The third kappa shape index (κ3) is 4.21. The van der Waals surface area contributed by atoms with E-state index >= 15 is 0 Å². The molecule has 10 heteroatoms. The monoisotopic (exact) mass is 501 g/mol. The van der Waals surface area contributed by atoms with Gasteiger partial charge in [0.2, 0.25) is 6.79 Å². The van der Waals surface area contributed by atoms with Gasteiger partial charge >= 0.3 is 0 Å². The molecule has 2 aliphatic rings. The number of ether oxygens (including phenoxy) is 2. The Morgan fingerprint density at radius 3 is 2.49 bits per heavy atom. The third-order valence-corrected chi connectivity index (χ3v) is 7.64. The van der Waals surface area contributed by atoms with Crippen molar-refractivity contribution in [1.29, 1.82) is 0 Å². The first kappa shape index (κ1) is 23.5. The molecule has 0 unspecified atom stereocenters. The molecule has 6 rings (SSSR count). The van der Waals surface area contributed by atoms with Gasteiger partial charge in [0.25, 0.3) is 5.56 Å².